The van der Waals surface area contributed by atoms with Gasteiger partial charge in [-0.15, -0.1) is 0 Å². The minimum Gasteiger partial charge on any atom is -0.452 e. The zero-order valence-electron chi connectivity index (χ0n) is 16.3. The van der Waals surface area contributed by atoms with Crippen LogP contribution in [-0.4, -0.2) is 30.3 Å². The van der Waals surface area contributed by atoms with Crippen molar-refractivity contribution in [1.29, 1.82) is 0 Å². The highest BCUT2D eigenvalue weighted by Crippen LogP contribution is 2.29. The third kappa shape index (κ3) is 4.28. The molecule has 3 aromatic rings. The van der Waals surface area contributed by atoms with Gasteiger partial charge in [0.1, 0.15) is 0 Å². The quantitative estimate of drug-likeness (QED) is 0.394. The van der Waals surface area contributed by atoms with E-state index in [2.05, 4.69) is 21.2 Å². The van der Waals surface area contributed by atoms with Crippen molar-refractivity contribution in [2.45, 2.75) is 0 Å². The second-order valence-electron chi connectivity index (χ2n) is 6.79. The third-order valence-corrected chi connectivity index (χ3v) is 5.90. The maximum Gasteiger partial charge on any atom is 0.338 e. The average Bonchev–Trinajstić information content (AvgIpc) is 3.05. The number of anilines is 2. The van der Waals surface area contributed by atoms with E-state index >= 15 is 0 Å². The van der Waals surface area contributed by atoms with E-state index in [4.69, 9.17) is 16.3 Å². The molecule has 0 atom stereocenters. The summed E-state index contributed by atoms with van der Waals surface area (Å²) in [5, 5.41) is 3.00. The van der Waals surface area contributed by atoms with Gasteiger partial charge in [0, 0.05) is 10.2 Å². The number of halogens is 2. The highest BCUT2D eigenvalue weighted by molar-refractivity contribution is 9.10. The molecule has 1 heterocycles. The summed E-state index contributed by atoms with van der Waals surface area (Å²) in [6.07, 6.45) is 0. The Hall–Kier alpha value is -3.49. The molecule has 9 heteroatoms. The smallest absolute Gasteiger partial charge is 0.338 e. The van der Waals surface area contributed by atoms with Crippen LogP contribution >= 0.6 is 27.5 Å². The number of rotatable bonds is 5. The Labute approximate surface area is 196 Å². The number of amides is 3. The highest BCUT2D eigenvalue weighted by Gasteiger charge is 2.36. The van der Waals surface area contributed by atoms with Gasteiger partial charge >= 0.3 is 5.97 Å². The number of nitrogens with one attached hydrogen (secondary N) is 1. The molecular weight excluding hydrogens is 500 g/mol. The maximum atomic E-state index is 12.6. The molecule has 7 nitrogen and oxygen atoms in total. The summed E-state index contributed by atoms with van der Waals surface area (Å²) < 4.78 is 5.75. The zero-order valence-corrected chi connectivity index (χ0v) is 18.6. The van der Waals surface area contributed by atoms with Crippen LogP contribution in [-0.2, 0) is 9.53 Å². The minimum absolute atomic E-state index is 0.0959. The number of hydrogen-bond acceptors (Lipinski definition) is 5. The molecule has 32 heavy (non-hydrogen) atoms. The summed E-state index contributed by atoms with van der Waals surface area (Å²) in [6, 6.07) is 17.3. The maximum absolute atomic E-state index is 12.6. The first kappa shape index (κ1) is 21.7. The molecule has 0 saturated carbocycles. The molecule has 3 aromatic carbocycles. The molecule has 1 aliphatic rings. The van der Waals surface area contributed by atoms with E-state index in [0.29, 0.717) is 26.3 Å². The number of esters is 1. The molecule has 1 N–H and O–H groups in total. The predicted octanol–water partition coefficient (Wildman–Crippen LogP) is 4.70. The summed E-state index contributed by atoms with van der Waals surface area (Å²) >= 11 is 9.25. The van der Waals surface area contributed by atoms with Crippen LogP contribution in [0.15, 0.2) is 71.2 Å². The number of imide groups is 1. The lowest BCUT2D eigenvalue weighted by Crippen LogP contribution is -2.29. The van der Waals surface area contributed by atoms with Crippen molar-refractivity contribution in [3.05, 3.63) is 92.9 Å². The fourth-order valence-electron chi connectivity index (χ4n) is 3.18. The molecular formula is C23H14BrClN2O5. The van der Waals surface area contributed by atoms with Crippen molar-refractivity contribution in [1.82, 2.24) is 0 Å². The van der Waals surface area contributed by atoms with Gasteiger partial charge < -0.3 is 10.1 Å². The van der Waals surface area contributed by atoms with Crippen molar-refractivity contribution in [3.8, 4) is 0 Å². The fraction of sp³-hybridized carbons (Fsp3) is 0.0435. The Morgan fingerprint density at radius 1 is 0.938 bits per heavy atom. The number of carbonyl (C=O) groups is 4. The van der Waals surface area contributed by atoms with Crippen LogP contribution in [0.2, 0.25) is 5.02 Å². The van der Waals surface area contributed by atoms with E-state index in [1.165, 1.54) is 18.2 Å². The van der Waals surface area contributed by atoms with Crippen LogP contribution < -0.4 is 10.2 Å². The van der Waals surface area contributed by atoms with E-state index in [-0.39, 0.29) is 11.3 Å². The number of hydrogen-bond donors (Lipinski definition) is 1. The van der Waals surface area contributed by atoms with Crippen molar-refractivity contribution < 1.29 is 23.9 Å². The number of benzene rings is 3. The number of carbonyl (C=O) groups excluding carboxylic acids is 4. The van der Waals surface area contributed by atoms with Gasteiger partial charge in [-0.05, 0) is 64.5 Å². The van der Waals surface area contributed by atoms with Crippen molar-refractivity contribution in [2.24, 2.45) is 0 Å². The van der Waals surface area contributed by atoms with Crippen LogP contribution in [0.5, 0.6) is 0 Å². The third-order valence-electron chi connectivity index (χ3n) is 4.67. The molecule has 160 valence electrons. The van der Waals surface area contributed by atoms with Crippen molar-refractivity contribution in [2.75, 3.05) is 16.8 Å². The Kier molecular flexibility index (Phi) is 6.07. The largest absolute Gasteiger partial charge is 0.452 e. The highest BCUT2D eigenvalue weighted by atomic mass is 79.9. The van der Waals surface area contributed by atoms with Gasteiger partial charge in [-0.2, -0.15) is 0 Å². The van der Waals surface area contributed by atoms with Crippen LogP contribution in [0.25, 0.3) is 0 Å². The Balaban J connectivity index is 1.43. The van der Waals surface area contributed by atoms with E-state index in [0.717, 1.165) is 4.90 Å². The molecule has 4 rings (SSSR count). The van der Waals surface area contributed by atoms with Gasteiger partial charge in [-0.25, -0.2) is 9.69 Å². The van der Waals surface area contributed by atoms with Gasteiger partial charge in [0.2, 0.25) is 0 Å². The molecule has 3 amide bonds. The lowest BCUT2D eigenvalue weighted by atomic mass is 10.1. The number of nitrogens with zero attached hydrogens (tertiary/aromatic N) is 1. The molecule has 0 spiro atoms. The van der Waals surface area contributed by atoms with Gasteiger partial charge in [0.15, 0.2) is 6.61 Å². The summed E-state index contributed by atoms with van der Waals surface area (Å²) in [4.78, 5) is 50.8. The standard InChI is InChI=1S/C23H14BrClN2O5/c24-18-9-8-14(11-19(18)25)26-20(28)12-32-23(31)13-4-3-5-15(10-13)27-21(29)16-6-1-2-7-17(16)22(27)30/h1-11H,12H2,(H,26,28). The SMILES string of the molecule is O=C(COC(=O)c1cccc(N2C(=O)c3ccccc3C2=O)c1)Nc1ccc(Br)c(Cl)c1. The summed E-state index contributed by atoms with van der Waals surface area (Å²) in [5.41, 5.74) is 1.38. The van der Waals surface area contributed by atoms with Gasteiger partial charge in [0.05, 0.1) is 27.4 Å². The number of ether oxygens (including phenoxy) is 1. The van der Waals surface area contributed by atoms with Crippen LogP contribution in [0, 0.1) is 0 Å². The van der Waals surface area contributed by atoms with E-state index < -0.39 is 30.3 Å². The predicted molar refractivity (Wildman–Crippen MR) is 122 cm³/mol. The van der Waals surface area contributed by atoms with E-state index in [9.17, 15) is 19.2 Å². The molecule has 1 aliphatic heterocycles. The first-order valence-corrected chi connectivity index (χ1v) is 10.5. The van der Waals surface area contributed by atoms with Crippen molar-refractivity contribution >= 4 is 62.6 Å². The van der Waals surface area contributed by atoms with Crippen LogP contribution in [0.3, 0.4) is 0 Å². The fourth-order valence-corrected chi connectivity index (χ4v) is 3.61. The zero-order chi connectivity index (χ0) is 22.8. The second-order valence-corrected chi connectivity index (χ2v) is 8.06. The lowest BCUT2D eigenvalue weighted by Gasteiger charge is -2.15. The Bertz CT molecular complexity index is 1240. The van der Waals surface area contributed by atoms with Gasteiger partial charge in [-0.1, -0.05) is 29.8 Å². The molecule has 0 bridgehead atoms. The minimum atomic E-state index is -0.771. The Morgan fingerprint density at radius 3 is 2.28 bits per heavy atom. The average molecular weight is 514 g/mol. The van der Waals surface area contributed by atoms with E-state index in [1.807, 2.05) is 0 Å². The first-order chi connectivity index (χ1) is 15.3. The molecule has 0 aliphatic carbocycles. The molecule has 0 aromatic heterocycles. The summed E-state index contributed by atoms with van der Waals surface area (Å²) in [7, 11) is 0. The molecule has 0 fully saturated rings. The second kappa shape index (κ2) is 8.94. The molecule has 0 unspecified atom stereocenters. The van der Waals surface area contributed by atoms with Crippen LogP contribution in [0.1, 0.15) is 31.1 Å². The molecule has 0 saturated heterocycles. The van der Waals surface area contributed by atoms with Crippen LogP contribution in [0.4, 0.5) is 11.4 Å². The topological polar surface area (TPSA) is 92.8 Å². The Morgan fingerprint density at radius 2 is 1.62 bits per heavy atom. The van der Waals surface area contributed by atoms with Gasteiger partial charge in [-0.3, -0.25) is 14.4 Å². The van der Waals surface area contributed by atoms with Gasteiger partial charge in [0.25, 0.3) is 17.7 Å². The van der Waals surface area contributed by atoms with Crippen molar-refractivity contribution in [3.63, 3.8) is 0 Å². The summed E-state index contributed by atoms with van der Waals surface area (Å²) in [5.74, 6) is -2.26. The molecule has 0 radical (unpaired) electrons. The first-order valence-electron chi connectivity index (χ1n) is 9.35. The lowest BCUT2D eigenvalue weighted by molar-refractivity contribution is -0.119. The normalized spacial score (nSPS) is 12.5. The van der Waals surface area contributed by atoms with E-state index in [1.54, 1.807) is 48.5 Å². The summed E-state index contributed by atoms with van der Waals surface area (Å²) in [6.45, 7) is -0.524. The monoisotopic (exact) mass is 512 g/mol. The number of fused-ring (bicyclic) bond motifs is 1.